The van der Waals surface area contributed by atoms with Gasteiger partial charge in [-0.05, 0) is 63.1 Å². The molecule has 0 radical (unpaired) electrons. The quantitative estimate of drug-likeness (QED) is 0.223. The molecule has 0 atom stereocenters. The van der Waals surface area contributed by atoms with Gasteiger partial charge >= 0.3 is 0 Å². The second kappa shape index (κ2) is 10.7. The van der Waals surface area contributed by atoms with E-state index >= 15 is 0 Å². The number of hydrogen-bond donors (Lipinski definition) is 2. The lowest BCUT2D eigenvalue weighted by molar-refractivity contribution is 1.20. The third-order valence-electron chi connectivity index (χ3n) is 7.28. The smallest absolute Gasteiger partial charge is 0.0400 e. The highest BCUT2D eigenvalue weighted by Gasteiger charge is 2.20. The van der Waals surface area contributed by atoms with Crippen molar-refractivity contribution in [2.75, 3.05) is 11.5 Å². The predicted molar refractivity (Wildman–Crippen MR) is 166 cm³/mol. The Bertz CT molecular complexity index is 1580. The van der Waals surface area contributed by atoms with E-state index < -0.39 is 0 Å². The molecule has 2 nitrogen and oxygen atoms in total. The summed E-state index contributed by atoms with van der Waals surface area (Å²) in [6.07, 6.45) is 0.731. The zero-order valence-electron chi connectivity index (χ0n) is 21.7. The van der Waals surface area contributed by atoms with Gasteiger partial charge in [-0.25, -0.2) is 0 Å². The summed E-state index contributed by atoms with van der Waals surface area (Å²) in [4.78, 5) is 0. The molecule has 0 aromatic heterocycles. The summed E-state index contributed by atoms with van der Waals surface area (Å²) >= 11 is 0. The topological polar surface area (TPSA) is 52.0 Å². The maximum atomic E-state index is 6.68. The third-order valence-corrected chi connectivity index (χ3v) is 7.28. The Labute approximate surface area is 230 Å². The Kier molecular flexibility index (Phi) is 6.67. The SMILES string of the molecule is Nc1ccc(Cc2ccc(N)c(-c3ccccc3)c2-c2ccccc2)c(-c2ccccc2)c1-c1ccccc1. The van der Waals surface area contributed by atoms with Crippen molar-refractivity contribution in [3.8, 4) is 44.5 Å². The van der Waals surface area contributed by atoms with Gasteiger partial charge in [0.05, 0.1) is 0 Å². The molecular formula is C37H30N2. The molecule has 0 aliphatic rings. The molecule has 0 aliphatic heterocycles. The molecular weight excluding hydrogens is 472 g/mol. The highest BCUT2D eigenvalue weighted by Crippen LogP contribution is 2.43. The second-order valence-electron chi connectivity index (χ2n) is 9.77. The highest BCUT2D eigenvalue weighted by atomic mass is 14.6. The highest BCUT2D eigenvalue weighted by molar-refractivity contribution is 5.95. The molecule has 2 heteroatoms. The van der Waals surface area contributed by atoms with Crippen LogP contribution in [0.5, 0.6) is 0 Å². The van der Waals surface area contributed by atoms with E-state index in [4.69, 9.17) is 11.5 Å². The number of nitrogen functional groups attached to an aromatic ring is 2. The molecule has 0 saturated heterocycles. The van der Waals surface area contributed by atoms with Gasteiger partial charge in [0, 0.05) is 22.5 Å². The average Bonchev–Trinajstić information content (AvgIpc) is 3.00. The summed E-state index contributed by atoms with van der Waals surface area (Å²) in [5, 5.41) is 0. The van der Waals surface area contributed by atoms with Gasteiger partial charge in [0.15, 0.2) is 0 Å². The first-order valence-corrected chi connectivity index (χ1v) is 13.2. The van der Waals surface area contributed by atoms with Crippen LogP contribution in [0.4, 0.5) is 11.4 Å². The largest absolute Gasteiger partial charge is 0.398 e. The lowest BCUT2D eigenvalue weighted by Crippen LogP contribution is -2.03. The summed E-state index contributed by atoms with van der Waals surface area (Å²) in [5.74, 6) is 0. The lowest BCUT2D eigenvalue weighted by Gasteiger charge is -2.21. The first-order chi connectivity index (χ1) is 19.2. The van der Waals surface area contributed by atoms with E-state index in [-0.39, 0.29) is 0 Å². The number of benzene rings is 6. The maximum absolute atomic E-state index is 6.68. The summed E-state index contributed by atoms with van der Waals surface area (Å²) in [6.45, 7) is 0. The van der Waals surface area contributed by atoms with Gasteiger partial charge in [0.25, 0.3) is 0 Å². The molecule has 0 aliphatic carbocycles. The first kappa shape index (κ1) is 24.3. The average molecular weight is 503 g/mol. The molecule has 0 unspecified atom stereocenters. The Morgan fingerprint density at radius 3 is 0.897 bits per heavy atom. The standard InChI is InChI=1S/C37H30N2/c38-32-23-21-30(34(26-13-5-1-6-14-26)36(32)28-17-9-3-10-18-28)25-31-22-24-33(39)37(29-19-11-4-12-20-29)35(31)27-15-7-2-8-16-27/h1-24H,25,38-39H2. The van der Waals surface area contributed by atoms with Crippen molar-refractivity contribution in [3.63, 3.8) is 0 Å². The minimum Gasteiger partial charge on any atom is -0.398 e. The first-order valence-electron chi connectivity index (χ1n) is 13.2. The van der Waals surface area contributed by atoms with Crippen molar-refractivity contribution in [1.82, 2.24) is 0 Å². The molecule has 6 aromatic carbocycles. The van der Waals surface area contributed by atoms with Crippen LogP contribution in [0.15, 0.2) is 146 Å². The van der Waals surface area contributed by atoms with Crippen molar-refractivity contribution >= 4 is 11.4 Å². The van der Waals surface area contributed by atoms with Gasteiger partial charge in [0.2, 0.25) is 0 Å². The molecule has 6 rings (SSSR count). The van der Waals surface area contributed by atoms with Gasteiger partial charge in [-0.15, -0.1) is 0 Å². The van der Waals surface area contributed by atoms with E-state index in [0.717, 1.165) is 51.2 Å². The molecule has 6 aromatic rings. The van der Waals surface area contributed by atoms with Crippen molar-refractivity contribution in [3.05, 3.63) is 157 Å². The molecule has 0 amide bonds. The van der Waals surface area contributed by atoms with E-state index in [1.165, 1.54) is 22.3 Å². The normalized spacial score (nSPS) is 10.9. The summed E-state index contributed by atoms with van der Waals surface area (Å²) in [7, 11) is 0. The van der Waals surface area contributed by atoms with Crippen molar-refractivity contribution in [2.45, 2.75) is 6.42 Å². The maximum Gasteiger partial charge on any atom is 0.0400 e. The van der Waals surface area contributed by atoms with E-state index in [1.54, 1.807) is 0 Å². The van der Waals surface area contributed by atoms with Crippen LogP contribution in [0, 0.1) is 0 Å². The van der Waals surface area contributed by atoms with Crippen LogP contribution in [0.2, 0.25) is 0 Å². The summed E-state index contributed by atoms with van der Waals surface area (Å²) in [6, 6.07) is 50.4. The Balaban J connectivity index is 1.61. The van der Waals surface area contributed by atoms with Crippen LogP contribution in [-0.2, 0) is 6.42 Å². The fraction of sp³-hybridized carbons (Fsp3) is 0.0270. The number of rotatable bonds is 6. The van der Waals surface area contributed by atoms with Gasteiger partial charge < -0.3 is 11.5 Å². The number of nitrogens with two attached hydrogens (primary N) is 2. The van der Waals surface area contributed by atoms with Crippen LogP contribution >= 0.6 is 0 Å². The van der Waals surface area contributed by atoms with Crippen molar-refractivity contribution < 1.29 is 0 Å². The minimum atomic E-state index is 0.731. The fourth-order valence-electron chi connectivity index (χ4n) is 5.52. The van der Waals surface area contributed by atoms with Gasteiger partial charge in [-0.1, -0.05) is 133 Å². The molecule has 0 fully saturated rings. The monoisotopic (exact) mass is 502 g/mol. The van der Waals surface area contributed by atoms with Crippen LogP contribution in [0.3, 0.4) is 0 Å². The summed E-state index contributed by atoms with van der Waals surface area (Å²) < 4.78 is 0. The predicted octanol–water partition coefficient (Wildman–Crippen LogP) is 9.11. The fourth-order valence-corrected chi connectivity index (χ4v) is 5.52. The van der Waals surface area contributed by atoms with Crippen molar-refractivity contribution in [2.24, 2.45) is 0 Å². The van der Waals surface area contributed by atoms with Crippen LogP contribution in [0.25, 0.3) is 44.5 Å². The van der Waals surface area contributed by atoms with Gasteiger partial charge in [-0.3, -0.25) is 0 Å². The molecule has 39 heavy (non-hydrogen) atoms. The Morgan fingerprint density at radius 2 is 0.590 bits per heavy atom. The minimum absolute atomic E-state index is 0.731. The molecule has 0 heterocycles. The van der Waals surface area contributed by atoms with Crippen LogP contribution < -0.4 is 11.5 Å². The molecule has 0 spiro atoms. The van der Waals surface area contributed by atoms with Gasteiger partial charge in [-0.2, -0.15) is 0 Å². The molecule has 188 valence electrons. The Hall–Kier alpha value is -5.08. The van der Waals surface area contributed by atoms with E-state index in [0.29, 0.717) is 0 Å². The molecule has 4 N–H and O–H groups in total. The van der Waals surface area contributed by atoms with E-state index in [1.807, 2.05) is 24.3 Å². The second-order valence-corrected chi connectivity index (χ2v) is 9.77. The number of hydrogen-bond acceptors (Lipinski definition) is 2. The van der Waals surface area contributed by atoms with Crippen molar-refractivity contribution in [1.29, 1.82) is 0 Å². The van der Waals surface area contributed by atoms with Gasteiger partial charge in [0.1, 0.15) is 0 Å². The van der Waals surface area contributed by atoms with Crippen LogP contribution in [0.1, 0.15) is 11.1 Å². The number of anilines is 2. The zero-order chi connectivity index (χ0) is 26.6. The zero-order valence-corrected chi connectivity index (χ0v) is 21.7. The lowest BCUT2D eigenvalue weighted by atomic mass is 9.83. The third kappa shape index (κ3) is 4.81. The van der Waals surface area contributed by atoms with E-state index in [2.05, 4.69) is 121 Å². The molecule has 0 bridgehead atoms. The van der Waals surface area contributed by atoms with Crippen LogP contribution in [-0.4, -0.2) is 0 Å². The summed E-state index contributed by atoms with van der Waals surface area (Å²) in [5.41, 5.74) is 26.3. The van der Waals surface area contributed by atoms with E-state index in [9.17, 15) is 0 Å². The Morgan fingerprint density at radius 1 is 0.308 bits per heavy atom. The molecule has 0 saturated carbocycles.